The van der Waals surface area contributed by atoms with Crippen molar-refractivity contribution in [3.63, 3.8) is 0 Å². The number of hydrogen-bond acceptors (Lipinski definition) is 5. The first-order chi connectivity index (χ1) is 11.5. The number of benzene rings is 1. The summed E-state index contributed by atoms with van der Waals surface area (Å²) < 4.78 is 6.72. The summed E-state index contributed by atoms with van der Waals surface area (Å²) in [6.45, 7) is 2.00. The van der Waals surface area contributed by atoms with Gasteiger partial charge in [-0.15, -0.1) is 0 Å². The number of primary amides is 1. The summed E-state index contributed by atoms with van der Waals surface area (Å²) in [6, 6.07) is 11.5. The molecular formula is C17H16N4O3. The molecule has 0 aliphatic heterocycles. The van der Waals surface area contributed by atoms with Gasteiger partial charge < -0.3 is 10.5 Å². The number of esters is 1. The second-order valence-electron chi connectivity index (χ2n) is 5.37. The fourth-order valence-corrected chi connectivity index (χ4v) is 2.24. The Kier molecular flexibility index (Phi) is 4.24. The summed E-state index contributed by atoms with van der Waals surface area (Å²) in [4.78, 5) is 27.3. The van der Waals surface area contributed by atoms with Gasteiger partial charge in [0.2, 0.25) is 0 Å². The lowest BCUT2D eigenvalue weighted by molar-refractivity contribution is -0.125. The van der Waals surface area contributed by atoms with Crippen molar-refractivity contribution >= 4 is 22.9 Å². The van der Waals surface area contributed by atoms with Crippen LogP contribution >= 0.6 is 0 Å². The quantitative estimate of drug-likeness (QED) is 0.717. The van der Waals surface area contributed by atoms with E-state index in [-0.39, 0.29) is 5.56 Å². The van der Waals surface area contributed by atoms with Crippen molar-refractivity contribution in [2.75, 3.05) is 0 Å². The molecule has 0 unspecified atom stereocenters. The predicted molar refractivity (Wildman–Crippen MR) is 87.1 cm³/mol. The van der Waals surface area contributed by atoms with E-state index in [4.69, 9.17) is 10.5 Å². The molecule has 2 heterocycles. The van der Waals surface area contributed by atoms with Crippen molar-refractivity contribution in [2.45, 2.75) is 19.6 Å². The second kappa shape index (κ2) is 6.49. The molecule has 0 aliphatic carbocycles. The van der Waals surface area contributed by atoms with Crippen LogP contribution in [0.15, 0.2) is 48.8 Å². The topological polar surface area (TPSA) is 100 Å². The van der Waals surface area contributed by atoms with Gasteiger partial charge in [0, 0.05) is 11.6 Å². The summed E-state index contributed by atoms with van der Waals surface area (Å²) in [7, 11) is 0. The van der Waals surface area contributed by atoms with Crippen molar-refractivity contribution in [3.05, 3.63) is 59.9 Å². The number of ether oxygens (including phenoxy) is 1. The number of rotatable bonds is 5. The molecule has 1 aromatic carbocycles. The molecule has 1 amide bonds. The zero-order valence-corrected chi connectivity index (χ0v) is 13.0. The number of nitrogens with two attached hydrogens (primary N) is 1. The Morgan fingerprint density at radius 2 is 2.00 bits per heavy atom. The lowest BCUT2D eigenvalue weighted by atomic mass is 10.2. The summed E-state index contributed by atoms with van der Waals surface area (Å²) >= 11 is 0. The third kappa shape index (κ3) is 3.24. The largest absolute Gasteiger partial charge is 0.449 e. The highest BCUT2D eigenvalue weighted by atomic mass is 16.5. The van der Waals surface area contributed by atoms with E-state index in [1.165, 1.54) is 13.1 Å². The Morgan fingerprint density at radius 3 is 2.71 bits per heavy atom. The van der Waals surface area contributed by atoms with E-state index in [0.717, 1.165) is 5.56 Å². The van der Waals surface area contributed by atoms with Crippen molar-refractivity contribution in [1.82, 2.24) is 14.8 Å². The molecule has 0 aliphatic rings. The summed E-state index contributed by atoms with van der Waals surface area (Å²) in [5, 5.41) is 5.02. The molecule has 0 fully saturated rings. The highest BCUT2D eigenvalue weighted by Crippen LogP contribution is 2.15. The van der Waals surface area contributed by atoms with Crippen molar-refractivity contribution in [1.29, 1.82) is 0 Å². The smallest absolute Gasteiger partial charge is 0.340 e. The van der Waals surface area contributed by atoms with Crippen LogP contribution in [0.2, 0.25) is 0 Å². The monoisotopic (exact) mass is 324 g/mol. The van der Waals surface area contributed by atoms with Gasteiger partial charge in [0.15, 0.2) is 11.8 Å². The number of hydrogen-bond donors (Lipinski definition) is 1. The molecule has 2 aromatic heterocycles. The maximum absolute atomic E-state index is 12.0. The van der Waals surface area contributed by atoms with Crippen LogP contribution in [0.25, 0.3) is 11.0 Å². The molecule has 3 aromatic rings. The molecule has 122 valence electrons. The highest BCUT2D eigenvalue weighted by Gasteiger charge is 2.17. The number of carbonyl (C=O) groups is 2. The zero-order valence-electron chi connectivity index (χ0n) is 13.0. The van der Waals surface area contributed by atoms with E-state index in [0.29, 0.717) is 17.6 Å². The third-order valence-corrected chi connectivity index (χ3v) is 3.57. The number of fused-ring (bicyclic) bond motifs is 1. The van der Waals surface area contributed by atoms with Crippen LogP contribution < -0.4 is 5.73 Å². The fourth-order valence-electron chi connectivity index (χ4n) is 2.24. The van der Waals surface area contributed by atoms with Gasteiger partial charge in [-0.2, -0.15) is 5.10 Å². The molecule has 0 radical (unpaired) electrons. The van der Waals surface area contributed by atoms with Crippen molar-refractivity contribution in [2.24, 2.45) is 5.73 Å². The molecular weight excluding hydrogens is 308 g/mol. The average Bonchev–Trinajstić information content (AvgIpc) is 2.98. The van der Waals surface area contributed by atoms with Gasteiger partial charge in [0.05, 0.1) is 18.3 Å². The van der Waals surface area contributed by atoms with Gasteiger partial charge in [-0.25, -0.2) is 14.5 Å². The first-order valence-corrected chi connectivity index (χ1v) is 7.40. The van der Waals surface area contributed by atoms with Crippen LogP contribution in [0, 0.1) is 0 Å². The first-order valence-electron chi connectivity index (χ1n) is 7.40. The van der Waals surface area contributed by atoms with E-state index >= 15 is 0 Å². The molecule has 0 saturated heterocycles. The summed E-state index contributed by atoms with van der Waals surface area (Å²) in [5.41, 5.74) is 7.09. The molecule has 0 saturated carbocycles. The molecule has 7 nitrogen and oxygen atoms in total. The predicted octanol–water partition coefficient (Wildman–Crippen LogP) is 1.51. The average molecular weight is 324 g/mol. The Balaban J connectivity index is 1.83. The van der Waals surface area contributed by atoms with E-state index in [1.807, 2.05) is 30.3 Å². The number of aromatic nitrogens is 3. The van der Waals surface area contributed by atoms with E-state index in [9.17, 15) is 9.59 Å². The molecule has 3 rings (SSSR count). The standard InChI is InChI=1S/C17H16N4O3/c1-11(15(18)22)24-17(23)14-7-13-9-20-21(16(13)19-8-14)10-12-5-3-2-4-6-12/h2-9,11H,10H2,1H3,(H2,18,22)/t11-/m0/s1. The van der Waals surface area contributed by atoms with Gasteiger partial charge in [-0.3, -0.25) is 4.79 Å². The summed E-state index contributed by atoms with van der Waals surface area (Å²) in [6.07, 6.45) is 2.05. The fraction of sp³-hybridized carbons (Fsp3) is 0.176. The van der Waals surface area contributed by atoms with Crippen LogP contribution in [0.5, 0.6) is 0 Å². The van der Waals surface area contributed by atoms with E-state index in [2.05, 4.69) is 10.1 Å². The van der Waals surface area contributed by atoms with Crippen LogP contribution in [-0.4, -0.2) is 32.7 Å². The minimum absolute atomic E-state index is 0.245. The van der Waals surface area contributed by atoms with E-state index in [1.54, 1.807) is 16.9 Å². The Bertz CT molecular complexity index is 889. The first kappa shape index (κ1) is 15.7. The highest BCUT2D eigenvalue weighted by molar-refractivity contribution is 5.94. The Labute approximate surface area is 138 Å². The van der Waals surface area contributed by atoms with Crippen LogP contribution in [0.3, 0.4) is 0 Å². The molecule has 7 heteroatoms. The normalized spacial score (nSPS) is 12.0. The third-order valence-electron chi connectivity index (χ3n) is 3.57. The number of carbonyl (C=O) groups excluding carboxylic acids is 2. The lowest BCUT2D eigenvalue weighted by Crippen LogP contribution is -2.30. The minimum Gasteiger partial charge on any atom is -0.449 e. The van der Waals surface area contributed by atoms with Gasteiger partial charge in [0.1, 0.15) is 0 Å². The van der Waals surface area contributed by atoms with Gasteiger partial charge >= 0.3 is 5.97 Å². The number of nitrogens with zero attached hydrogens (tertiary/aromatic N) is 3. The maximum Gasteiger partial charge on any atom is 0.340 e. The number of amides is 1. The molecule has 2 N–H and O–H groups in total. The van der Waals surface area contributed by atoms with Crippen molar-refractivity contribution < 1.29 is 14.3 Å². The van der Waals surface area contributed by atoms with Crippen LogP contribution in [0.4, 0.5) is 0 Å². The molecule has 1 atom stereocenters. The van der Waals surface area contributed by atoms with E-state index < -0.39 is 18.0 Å². The SMILES string of the molecule is C[C@H](OC(=O)c1cnc2c(cnn2Cc2ccccc2)c1)C(N)=O. The van der Waals surface area contributed by atoms with Gasteiger partial charge in [-0.05, 0) is 18.6 Å². The number of pyridine rings is 1. The molecule has 0 spiro atoms. The maximum atomic E-state index is 12.0. The zero-order chi connectivity index (χ0) is 17.1. The molecule has 0 bridgehead atoms. The van der Waals surface area contributed by atoms with Crippen LogP contribution in [-0.2, 0) is 16.1 Å². The summed E-state index contributed by atoms with van der Waals surface area (Å²) in [5.74, 6) is -1.35. The Morgan fingerprint density at radius 1 is 1.25 bits per heavy atom. The lowest BCUT2D eigenvalue weighted by Gasteiger charge is -2.09. The molecule has 24 heavy (non-hydrogen) atoms. The Hall–Kier alpha value is -3.22. The second-order valence-corrected chi connectivity index (χ2v) is 5.37. The van der Waals surface area contributed by atoms with Gasteiger partial charge in [0.25, 0.3) is 5.91 Å². The minimum atomic E-state index is -0.992. The van der Waals surface area contributed by atoms with Crippen LogP contribution in [0.1, 0.15) is 22.8 Å². The van der Waals surface area contributed by atoms with Gasteiger partial charge in [-0.1, -0.05) is 30.3 Å². The van der Waals surface area contributed by atoms with Crippen molar-refractivity contribution in [3.8, 4) is 0 Å².